The first-order valence-electron chi connectivity index (χ1n) is 3.09. The van der Waals surface area contributed by atoms with E-state index in [2.05, 4.69) is 22.6 Å². The van der Waals surface area contributed by atoms with Crippen molar-refractivity contribution in [3.8, 4) is 0 Å². The molecule has 1 N–H and O–H groups in total. The van der Waals surface area contributed by atoms with Crippen molar-refractivity contribution in [3.05, 3.63) is 24.3 Å². The van der Waals surface area contributed by atoms with Gasteiger partial charge in [0.1, 0.15) is 5.52 Å². The van der Waals surface area contributed by atoms with E-state index in [1.54, 1.807) is 6.07 Å². The van der Waals surface area contributed by atoms with Crippen LogP contribution in [0.2, 0.25) is 0 Å². The fourth-order valence-electron chi connectivity index (χ4n) is 0.985. The van der Waals surface area contributed by atoms with Crippen LogP contribution in [0.25, 0.3) is 11.0 Å². The van der Waals surface area contributed by atoms with Gasteiger partial charge in [0.25, 0.3) is 0 Å². The highest BCUT2D eigenvalue weighted by Gasteiger charge is 2.04. The number of hydrogen-bond donors (Lipinski definition) is 2. The minimum absolute atomic E-state index is 0.320. The van der Waals surface area contributed by atoms with E-state index in [4.69, 9.17) is 0 Å². The van der Waals surface area contributed by atoms with Gasteiger partial charge < -0.3 is 4.98 Å². The van der Waals surface area contributed by atoms with Crippen LogP contribution in [0.3, 0.4) is 0 Å². The van der Waals surface area contributed by atoms with Gasteiger partial charge in [-0.1, -0.05) is 0 Å². The van der Waals surface area contributed by atoms with E-state index in [1.807, 2.05) is 0 Å². The van der Waals surface area contributed by atoms with Crippen molar-refractivity contribution in [2.24, 2.45) is 0 Å². The number of benzene rings is 1. The summed E-state index contributed by atoms with van der Waals surface area (Å²) < 4.78 is 12.9. The number of nitrogens with one attached hydrogen (secondary N) is 1. The van der Waals surface area contributed by atoms with Crippen molar-refractivity contribution in [1.29, 1.82) is 0 Å². The first-order valence-corrected chi connectivity index (χ1v) is 3.54. The van der Waals surface area contributed by atoms with E-state index in [0.29, 0.717) is 15.9 Å². The van der Waals surface area contributed by atoms with Gasteiger partial charge in [0, 0.05) is 4.90 Å². The number of imidazole rings is 1. The van der Waals surface area contributed by atoms with Crippen LogP contribution in [-0.4, -0.2) is 9.97 Å². The quantitative estimate of drug-likeness (QED) is 0.578. The fraction of sp³-hybridized carbons (Fsp3) is 0. The largest absolute Gasteiger partial charge is 0.344 e. The van der Waals surface area contributed by atoms with E-state index in [1.165, 1.54) is 12.4 Å². The number of rotatable bonds is 0. The first kappa shape index (κ1) is 6.67. The van der Waals surface area contributed by atoms with Gasteiger partial charge in [-0.25, -0.2) is 9.37 Å². The smallest absolute Gasteiger partial charge is 0.151 e. The Bertz CT molecular complexity index is 360. The van der Waals surface area contributed by atoms with E-state index in [9.17, 15) is 4.39 Å². The van der Waals surface area contributed by atoms with Crippen LogP contribution < -0.4 is 0 Å². The summed E-state index contributed by atoms with van der Waals surface area (Å²) in [5.41, 5.74) is 0.992. The van der Waals surface area contributed by atoms with Gasteiger partial charge in [0.2, 0.25) is 0 Å². The number of H-pyrrole nitrogens is 1. The van der Waals surface area contributed by atoms with E-state index >= 15 is 0 Å². The summed E-state index contributed by atoms with van der Waals surface area (Å²) in [6.45, 7) is 0. The molecular weight excluding hydrogens is 163 g/mol. The number of hydrogen-bond acceptors (Lipinski definition) is 2. The highest BCUT2D eigenvalue weighted by molar-refractivity contribution is 7.80. The van der Waals surface area contributed by atoms with E-state index < -0.39 is 0 Å². The van der Waals surface area contributed by atoms with Crippen LogP contribution in [0.5, 0.6) is 0 Å². The molecule has 2 nitrogen and oxygen atoms in total. The Kier molecular flexibility index (Phi) is 1.35. The maximum atomic E-state index is 12.9. The first-order chi connectivity index (χ1) is 5.29. The summed E-state index contributed by atoms with van der Waals surface area (Å²) in [6.07, 6.45) is 1.45. The van der Waals surface area contributed by atoms with E-state index in [-0.39, 0.29) is 5.82 Å². The number of fused-ring (bicyclic) bond motifs is 1. The second-order valence-electron chi connectivity index (χ2n) is 2.19. The van der Waals surface area contributed by atoms with Gasteiger partial charge in [-0.15, -0.1) is 12.6 Å². The van der Waals surface area contributed by atoms with Crippen LogP contribution in [0.4, 0.5) is 4.39 Å². The molecule has 0 aliphatic rings. The minimum atomic E-state index is -0.320. The average molecular weight is 168 g/mol. The lowest BCUT2D eigenvalue weighted by atomic mass is 10.3. The lowest BCUT2D eigenvalue weighted by molar-refractivity contribution is 0.636. The molecule has 1 heterocycles. The zero-order valence-electron chi connectivity index (χ0n) is 5.50. The summed E-state index contributed by atoms with van der Waals surface area (Å²) in [5.74, 6) is -0.320. The molecule has 0 fully saturated rings. The summed E-state index contributed by atoms with van der Waals surface area (Å²) in [7, 11) is 0. The molecule has 0 atom stereocenters. The van der Waals surface area contributed by atoms with Gasteiger partial charge in [0.15, 0.2) is 5.82 Å². The molecule has 0 amide bonds. The third-order valence-corrected chi connectivity index (χ3v) is 1.88. The number of aromatic amines is 1. The molecule has 1 aromatic carbocycles. The Hall–Kier alpha value is -1.03. The summed E-state index contributed by atoms with van der Waals surface area (Å²) in [6, 6.07) is 2.95. The highest BCUT2D eigenvalue weighted by atomic mass is 32.1. The third kappa shape index (κ3) is 0.903. The molecule has 0 spiro atoms. The van der Waals surface area contributed by atoms with Gasteiger partial charge >= 0.3 is 0 Å². The van der Waals surface area contributed by atoms with Crippen molar-refractivity contribution >= 4 is 23.7 Å². The molecule has 0 unspecified atom stereocenters. The van der Waals surface area contributed by atoms with Crippen LogP contribution in [0, 0.1) is 5.82 Å². The molecule has 2 aromatic rings. The zero-order valence-corrected chi connectivity index (χ0v) is 6.40. The second kappa shape index (κ2) is 2.23. The normalized spacial score (nSPS) is 10.7. The Morgan fingerprint density at radius 3 is 3.00 bits per heavy atom. The number of aromatic nitrogens is 2. The van der Waals surface area contributed by atoms with Crippen LogP contribution in [0.1, 0.15) is 0 Å². The maximum absolute atomic E-state index is 12.9. The standard InChI is InChI=1S/C7H5FN2S/c8-4-1-2-5(11)7-6(4)9-3-10-7/h1-3,11H,(H,9,10). The monoisotopic (exact) mass is 168 g/mol. The zero-order chi connectivity index (χ0) is 7.84. The molecule has 0 radical (unpaired) electrons. The second-order valence-corrected chi connectivity index (χ2v) is 2.67. The fourth-order valence-corrected chi connectivity index (χ4v) is 1.23. The molecule has 4 heteroatoms. The molecular formula is C7H5FN2S. The lowest BCUT2D eigenvalue weighted by Crippen LogP contribution is -1.78. The molecule has 0 aliphatic heterocycles. The van der Waals surface area contributed by atoms with Crippen molar-refractivity contribution < 1.29 is 4.39 Å². The van der Waals surface area contributed by atoms with Crippen molar-refractivity contribution in [2.45, 2.75) is 4.90 Å². The number of halogens is 1. The van der Waals surface area contributed by atoms with Gasteiger partial charge in [0.05, 0.1) is 11.8 Å². The topological polar surface area (TPSA) is 28.7 Å². The molecule has 11 heavy (non-hydrogen) atoms. The Labute approximate surface area is 67.9 Å². The Morgan fingerprint density at radius 1 is 1.45 bits per heavy atom. The summed E-state index contributed by atoms with van der Waals surface area (Å²) in [4.78, 5) is 7.31. The molecule has 56 valence electrons. The maximum Gasteiger partial charge on any atom is 0.151 e. The number of thiol groups is 1. The Balaban J connectivity index is 2.96. The van der Waals surface area contributed by atoms with E-state index in [0.717, 1.165) is 0 Å². The average Bonchev–Trinajstić information content (AvgIpc) is 2.45. The molecule has 0 bridgehead atoms. The SMILES string of the molecule is Fc1ccc(S)c2[nH]cnc12. The summed E-state index contributed by atoms with van der Waals surface area (Å²) >= 11 is 4.13. The highest BCUT2D eigenvalue weighted by Crippen LogP contribution is 2.20. The molecule has 0 saturated carbocycles. The lowest BCUT2D eigenvalue weighted by Gasteiger charge is -1.93. The molecule has 0 aliphatic carbocycles. The van der Waals surface area contributed by atoms with Gasteiger partial charge in [-0.2, -0.15) is 0 Å². The third-order valence-electron chi connectivity index (χ3n) is 1.51. The van der Waals surface area contributed by atoms with Crippen molar-refractivity contribution in [2.75, 3.05) is 0 Å². The summed E-state index contributed by atoms with van der Waals surface area (Å²) in [5, 5.41) is 0. The van der Waals surface area contributed by atoms with Crippen LogP contribution in [0.15, 0.2) is 23.4 Å². The predicted octanol–water partition coefficient (Wildman–Crippen LogP) is 1.99. The number of nitrogens with zero attached hydrogens (tertiary/aromatic N) is 1. The minimum Gasteiger partial charge on any atom is -0.344 e. The molecule has 0 saturated heterocycles. The molecule has 1 aromatic heterocycles. The Morgan fingerprint density at radius 2 is 2.27 bits per heavy atom. The van der Waals surface area contributed by atoms with Gasteiger partial charge in [-0.05, 0) is 12.1 Å². The predicted molar refractivity (Wildman–Crippen MR) is 43.3 cm³/mol. The van der Waals surface area contributed by atoms with Crippen molar-refractivity contribution in [3.63, 3.8) is 0 Å². The van der Waals surface area contributed by atoms with Crippen molar-refractivity contribution in [1.82, 2.24) is 9.97 Å². The van der Waals surface area contributed by atoms with Crippen LogP contribution >= 0.6 is 12.6 Å². The van der Waals surface area contributed by atoms with Gasteiger partial charge in [-0.3, -0.25) is 0 Å². The van der Waals surface area contributed by atoms with Crippen LogP contribution in [-0.2, 0) is 0 Å². The molecule has 2 rings (SSSR count).